The van der Waals surface area contributed by atoms with Gasteiger partial charge >= 0.3 is 0 Å². The molecule has 0 aliphatic carbocycles. The molecule has 0 saturated carbocycles. The highest BCUT2D eigenvalue weighted by Gasteiger charge is 2.29. The summed E-state index contributed by atoms with van der Waals surface area (Å²) in [6, 6.07) is 4.56. The Hall–Kier alpha value is -2.24. The summed E-state index contributed by atoms with van der Waals surface area (Å²) in [5.41, 5.74) is 0.124. The summed E-state index contributed by atoms with van der Waals surface area (Å²) in [6.07, 6.45) is 1.18. The first-order valence-corrected chi connectivity index (χ1v) is 13.0. The Morgan fingerprint density at radius 2 is 1.82 bits per heavy atom. The van der Waals surface area contributed by atoms with Gasteiger partial charge in [-0.25, -0.2) is 13.1 Å². The molecule has 1 heterocycles. The number of nitro groups is 1. The van der Waals surface area contributed by atoms with Crippen molar-refractivity contribution in [2.75, 3.05) is 37.6 Å². The van der Waals surface area contributed by atoms with Crippen LogP contribution in [0, 0.1) is 16.0 Å². The maximum absolute atomic E-state index is 12.8. The van der Waals surface area contributed by atoms with Crippen LogP contribution in [0.3, 0.4) is 0 Å². The van der Waals surface area contributed by atoms with Gasteiger partial charge in [-0.1, -0.05) is 0 Å². The van der Waals surface area contributed by atoms with E-state index < -0.39 is 14.9 Å². The topological polar surface area (TPSA) is 125 Å². The number of anilines is 1. The molecule has 0 radical (unpaired) electrons. The number of carbonyl (C=O) groups excluding carboxylic acids is 1. The molecule has 1 aliphatic rings. The average molecular weight is 484 g/mol. The predicted molar refractivity (Wildman–Crippen MR) is 129 cm³/mol. The minimum atomic E-state index is -3.89. The summed E-state index contributed by atoms with van der Waals surface area (Å²) in [5.74, 6) is -0.104. The molecule has 2 N–H and O–H groups in total. The van der Waals surface area contributed by atoms with E-state index >= 15 is 0 Å². The Morgan fingerprint density at radius 3 is 2.33 bits per heavy atom. The highest BCUT2D eigenvalue weighted by molar-refractivity contribution is 7.89. The van der Waals surface area contributed by atoms with E-state index in [4.69, 9.17) is 0 Å². The molecule has 1 fully saturated rings. The van der Waals surface area contributed by atoms with Crippen molar-refractivity contribution in [2.24, 2.45) is 5.92 Å². The second-order valence-corrected chi connectivity index (χ2v) is 10.7. The SMILES string of the molecule is CCNC(=O)C1CCN(c2ccc(S(=O)(=O)NCCN(C(C)C)C(C)C)cc2[N+](=O)[O-])CC1. The van der Waals surface area contributed by atoms with Crippen molar-refractivity contribution in [1.82, 2.24) is 14.9 Å². The van der Waals surface area contributed by atoms with E-state index in [1.54, 1.807) is 0 Å². The van der Waals surface area contributed by atoms with E-state index in [1.807, 2.05) is 11.8 Å². The van der Waals surface area contributed by atoms with Crippen molar-refractivity contribution in [3.8, 4) is 0 Å². The standard InChI is InChI=1S/C22H37N5O5S/c1-6-23-22(28)18-9-12-25(13-10-18)20-8-7-19(15-21(20)27(29)30)33(31,32)24-11-14-26(16(2)3)17(4)5/h7-8,15-18,24H,6,9-14H2,1-5H3,(H,23,28). The van der Waals surface area contributed by atoms with E-state index in [9.17, 15) is 23.3 Å². The highest BCUT2D eigenvalue weighted by Crippen LogP contribution is 2.33. The highest BCUT2D eigenvalue weighted by atomic mass is 32.2. The third-order valence-electron chi connectivity index (χ3n) is 6.00. The van der Waals surface area contributed by atoms with Gasteiger partial charge in [-0.2, -0.15) is 0 Å². The quantitative estimate of drug-likeness (QED) is 0.366. The number of nitrogens with zero attached hydrogens (tertiary/aromatic N) is 3. The fourth-order valence-electron chi connectivity index (χ4n) is 4.29. The molecule has 1 amide bonds. The normalized spacial score (nSPS) is 15.5. The molecule has 0 spiro atoms. The number of amides is 1. The Balaban J connectivity index is 2.13. The third-order valence-corrected chi connectivity index (χ3v) is 7.46. The lowest BCUT2D eigenvalue weighted by atomic mass is 9.95. The van der Waals surface area contributed by atoms with Crippen molar-refractivity contribution in [3.05, 3.63) is 28.3 Å². The first-order chi connectivity index (χ1) is 15.5. The zero-order valence-corrected chi connectivity index (χ0v) is 21.0. The first-order valence-electron chi connectivity index (χ1n) is 11.5. The molecule has 2 rings (SSSR count). The molecule has 1 aromatic carbocycles. The number of sulfonamides is 1. The van der Waals surface area contributed by atoms with Crippen LogP contribution in [0.25, 0.3) is 0 Å². The number of piperidine rings is 1. The number of rotatable bonds is 11. The lowest BCUT2D eigenvalue weighted by molar-refractivity contribution is -0.384. The summed E-state index contributed by atoms with van der Waals surface area (Å²) in [7, 11) is -3.89. The zero-order chi connectivity index (χ0) is 24.8. The molecule has 0 aromatic heterocycles. The van der Waals surface area contributed by atoms with Crippen LogP contribution in [-0.4, -0.2) is 69.0 Å². The third kappa shape index (κ3) is 7.12. The van der Waals surface area contributed by atoms with Gasteiger partial charge in [-0.3, -0.25) is 19.8 Å². The Morgan fingerprint density at radius 1 is 1.21 bits per heavy atom. The zero-order valence-electron chi connectivity index (χ0n) is 20.2. The number of hydrogen-bond donors (Lipinski definition) is 2. The van der Waals surface area contributed by atoms with E-state index in [1.165, 1.54) is 12.1 Å². The number of hydrogen-bond acceptors (Lipinski definition) is 7. The number of nitrogens with one attached hydrogen (secondary N) is 2. The smallest absolute Gasteiger partial charge is 0.293 e. The molecule has 33 heavy (non-hydrogen) atoms. The van der Waals surface area contributed by atoms with Crippen LogP contribution in [0.5, 0.6) is 0 Å². The number of benzene rings is 1. The van der Waals surface area contributed by atoms with Gasteiger partial charge in [0.25, 0.3) is 5.69 Å². The lowest BCUT2D eigenvalue weighted by Crippen LogP contribution is -2.42. The summed E-state index contributed by atoms with van der Waals surface area (Å²) in [4.78, 5) is 27.1. The summed E-state index contributed by atoms with van der Waals surface area (Å²) in [6.45, 7) is 12.4. The van der Waals surface area contributed by atoms with Crippen LogP contribution in [0.4, 0.5) is 11.4 Å². The summed E-state index contributed by atoms with van der Waals surface area (Å²) in [5, 5.41) is 14.6. The van der Waals surface area contributed by atoms with E-state index in [0.29, 0.717) is 44.7 Å². The Kier molecular flexibility index (Phi) is 9.62. The van der Waals surface area contributed by atoms with Gasteiger partial charge in [0.15, 0.2) is 0 Å². The second-order valence-electron chi connectivity index (χ2n) is 8.89. The number of nitro benzene ring substituents is 1. The van der Waals surface area contributed by atoms with Gasteiger partial charge in [-0.15, -0.1) is 0 Å². The second kappa shape index (κ2) is 11.8. The fourth-order valence-corrected chi connectivity index (χ4v) is 5.33. The number of carbonyl (C=O) groups is 1. The van der Waals surface area contributed by atoms with E-state index in [0.717, 1.165) is 6.07 Å². The van der Waals surface area contributed by atoms with E-state index in [-0.39, 0.29) is 41.0 Å². The lowest BCUT2D eigenvalue weighted by Gasteiger charge is -2.32. The van der Waals surface area contributed by atoms with Crippen molar-refractivity contribution >= 4 is 27.3 Å². The van der Waals surface area contributed by atoms with Gasteiger partial charge in [0, 0.05) is 56.8 Å². The fraction of sp³-hybridized carbons (Fsp3) is 0.682. The Bertz CT molecular complexity index is 919. The van der Waals surface area contributed by atoms with Gasteiger partial charge < -0.3 is 10.2 Å². The maximum Gasteiger partial charge on any atom is 0.293 e. The molecule has 0 atom stereocenters. The minimum Gasteiger partial charge on any atom is -0.366 e. The maximum atomic E-state index is 12.8. The molecular formula is C22H37N5O5S. The monoisotopic (exact) mass is 483 g/mol. The van der Waals surface area contributed by atoms with Crippen LogP contribution in [0.15, 0.2) is 23.1 Å². The van der Waals surface area contributed by atoms with Crippen molar-refractivity contribution in [1.29, 1.82) is 0 Å². The van der Waals surface area contributed by atoms with Crippen molar-refractivity contribution < 1.29 is 18.1 Å². The van der Waals surface area contributed by atoms with Gasteiger partial charge in [0.2, 0.25) is 15.9 Å². The van der Waals surface area contributed by atoms with Gasteiger partial charge in [0.1, 0.15) is 5.69 Å². The molecule has 1 saturated heterocycles. The largest absolute Gasteiger partial charge is 0.366 e. The van der Waals surface area contributed by atoms with Gasteiger partial charge in [0.05, 0.1) is 9.82 Å². The minimum absolute atomic E-state index is 0.00710. The molecule has 10 nitrogen and oxygen atoms in total. The van der Waals surface area contributed by atoms with Gasteiger partial charge in [-0.05, 0) is 59.6 Å². The average Bonchev–Trinajstić information content (AvgIpc) is 2.76. The van der Waals surface area contributed by atoms with Crippen LogP contribution in [0.1, 0.15) is 47.5 Å². The molecule has 0 unspecified atom stereocenters. The Labute approximate surface area is 196 Å². The molecule has 1 aromatic rings. The summed E-state index contributed by atoms with van der Waals surface area (Å²) < 4.78 is 28.1. The molecule has 1 aliphatic heterocycles. The van der Waals surface area contributed by atoms with Crippen LogP contribution in [-0.2, 0) is 14.8 Å². The predicted octanol–water partition coefficient (Wildman–Crippen LogP) is 2.34. The van der Waals surface area contributed by atoms with Crippen LogP contribution >= 0.6 is 0 Å². The van der Waals surface area contributed by atoms with Crippen molar-refractivity contribution in [2.45, 2.75) is 64.4 Å². The van der Waals surface area contributed by atoms with Crippen molar-refractivity contribution in [3.63, 3.8) is 0 Å². The molecule has 186 valence electrons. The van der Waals surface area contributed by atoms with Crippen LogP contribution in [0.2, 0.25) is 0 Å². The van der Waals surface area contributed by atoms with E-state index in [2.05, 4.69) is 42.6 Å². The molecule has 0 bridgehead atoms. The summed E-state index contributed by atoms with van der Waals surface area (Å²) >= 11 is 0. The van der Waals surface area contributed by atoms with Crippen LogP contribution < -0.4 is 14.9 Å². The molecular weight excluding hydrogens is 446 g/mol. The molecule has 11 heteroatoms. The first kappa shape index (κ1) is 27.0.